The van der Waals surface area contributed by atoms with E-state index in [2.05, 4.69) is 20.7 Å². The standard InChI is InChI=1S/C17H15BrN2O3S3/c1-20(11-14-8-9-15(18)25-14)17(21)12-4-6-13(7-5-12)19-26(22,23)16-3-2-10-24-16/h2-10,19H,11H2,1H3. The largest absolute Gasteiger partial charge is 0.337 e. The van der Waals surface area contributed by atoms with Crippen LogP contribution in [-0.4, -0.2) is 26.3 Å². The SMILES string of the molecule is CN(Cc1ccc(Br)s1)C(=O)c1ccc(NS(=O)(=O)c2cccs2)cc1. The minimum atomic E-state index is -3.59. The van der Waals surface area contributed by atoms with Gasteiger partial charge in [-0.05, 0) is 63.8 Å². The predicted molar refractivity (Wildman–Crippen MR) is 109 cm³/mol. The van der Waals surface area contributed by atoms with Gasteiger partial charge in [0.05, 0.1) is 10.3 Å². The van der Waals surface area contributed by atoms with Crippen molar-refractivity contribution in [3.05, 3.63) is 68.1 Å². The molecule has 0 saturated heterocycles. The van der Waals surface area contributed by atoms with Gasteiger partial charge in [-0.3, -0.25) is 9.52 Å². The molecule has 136 valence electrons. The summed E-state index contributed by atoms with van der Waals surface area (Å²) in [6.07, 6.45) is 0. The van der Waals surface area contributed by atoms with E-state index >= 15 is 0 Å². The van der Waals surface area contributed by atoms with Crippen LogP contribution in [0.2, 0.25) is 0 Å². The zero-order valence-electron chi connectivity index (χ0n) is 13.7. The fourth-order valence-electron chi connectivity index (χ4n) is 2.27. The number of rotatable bonds is 6. The summed E-state index contributed by atoms with van der Waals surface area (Å²) in [4.78, 5) is 15.2. The van der Waals surface area contributed by atoms with Gasteiger partial charge in [0, 0.05) is 23.2 Å². The van der Waals surface area contributed by atoms with Gasteiger partial charge in [0.15, 0.2) is 0 Å². The first-order chi connectivity index (χ1) is 12.3. The molecule has 1 aromatic carbocycles. The highest BCUT2D eigenvalue weighted by Gasteiger charge is 2.16. The molecular weight excluding hydrogens is 456 g/mol. The van der Waals surface area contributed by atoms with Crippen molar-refractivity contribution in [2.75, 3.05) is 11.8 Å². The Bertz CT molecular complexity index is 996. The van der Waals surface area contributed by atoms with Gasteiger partial charge in [-0.25, -0.2) is 8.42 Å². The van der Waals surface area contributed by atoms with E-state index in [1.807, 2.05) is 12.1 Å². The number of nitrogens with zero attached hydrogens (tertiary/aromatic N) is 1. The number of halogens is 1. The van der Waals surface area contributed by atoms with Crippen LogP contribution >= 0.6 is 38.6 Å². The van der Waals surface area contributed by atoms with Gasteiger partial charge in [-0.1, -0.05) is 6.07 Å². The number of carbonyl (C=O) groups excluding carboxylic acids is 1. The smallest absolute Gasteiger partial charge is 0.271 e. The van der Waals surface area contributed by atoms with Gasteiger partial charge in [0.2, 0.25) is 0 Å². The third kappa shape index (κ3) is 4.53. The van der Waals surface area contributed by atoms with Crippen molar-refractivity contribution in [2.24, 2.45) is 0 Å². The number of anilines is 1. The molecule has 0 spiro atoms. The number of nitrogens with one attached hydrogen (secondary N) is 1. The molecular formula is C17H15BrN2O3S3. The molecule has 0 aliphatic rings. The number of sulfonamides is 1. The molecule has 5 nitrogen and oxygen atoms in total. The highest BCUT2D eigenvalue weighted by Crippen LogP contribution is 2.24. The third-order valence-corrected chi connectivity index (χ3v) is 7.90. The Morgan fingerprint density at radius 2 is 1.88 bits per heavy atom. The van der Waals surface area contributed by atoms with Crippen LogP contribution in [0.1, 0.15) is 15.2 Å². The van der Waals surface area contributed by atoms with E-state index in [1.54, 1.807) is 65.1 Å². The molecule has 3 rings (SSSR count). The molecule has 0 saturated carbocycles. The Hall–Kier alpha value is -1.68. The van der Waals surface area contributed by atoms with Crippen LogP contribution in [0.4, 0.5) is 5.69 Å². The Labute approximate surface area is 168 Å². The maximum absolute atomic E-state index is 12.5. The Morgan fingerprint density at radius 1 is 1.15 bits per heavy atom. The van der Waals surface area contributed by atoms with E-state index < -0.39 is 10.0 Å². The number of thiophene rings is 2. The number of benzene rings is 1. The lowest BCUT2D eigenvalue weighted by atomic mass is 10.2. The summed E-state index contributed by atoms with van der Waals surface area (Å²) in [5.41, 5.74) is 0.919. The summed E-state index contributed by atoms with van der Waals surface area (Å²) in [6.45, 7) is 0.516. The minimum Gasteiger partial charge on any atom is -0.337 e. The number of amides is 1. The molecule has 2 aromatic heterocycles. The first-order valence-electron chi connectivity index (χ1n) is 7.51. The quantitative estimate of drug-likeness (QED) is 0.570. The zero-order valence-corrected chi connectivity index (χ0v) is 17.7. The topological polar surface area (TPSA) is 66.5 Å². The van der Waals surface area contributed by atoms with E-state index in [-0.39, 0.29) is 10.1 Å². The van der Waals surface area contributed by atoms with E-state index in [9.17, 15) is 13.2 Å². The first-order valence-corrected chi connectivity index (χ1v) is 11.5. The molecule has 0 unspecified atom stereocenters. The van der Waals surface area contributed by atoms with E-state index in [0.717, 1.165) is 20.0 Å². The van der Waals surface area contributed by atoms with Crippen LogP contribution in [0.25, 0.3) is 0 Å². The van der Waals surface area contributed by atoms with Crippen molar-refractivity contribution in [1.29, 1.82) is 0 Å². The fraction of sp³-hybridized carbons (Fsp3) is 0.118. The molecule has 1 N–H and O–H groups in total. The first kappa shape index (κ1) is 19.1. The van der Waals surface area contributed by atoms with Gasteiger partial charge in [0.1, 0.15) is 4.21 Å². The van der Waals surface area contributed by atoms with Crippen LogP contribution in [0, 0.1) is 0 Å². The van der Waals surface area contributed by atoms with E-state index in [4.69, 9.17) is 0 Å². The van der Waals surface area contributed by atoms with Crippen LogP contribution < -0.4 is 4.72 Å². The Morgan fingerprint density at radius 3 is 2.46 bits per heavy atom. The number of hydrogen-bond acceptors (Lipinski definition) is 5. The second kappa shape index (κ2) is 7.91. The second-order valence-corrected chi connectivity index (χ2v) is 10.9. The highest BCUT2D eigenvalue weighted by atomic mass is 79.9. The van der Waals surface area contributed by atoms with Crippen LogP contribution in [0.15, 0.2) is 61.9 Å². The Kier molecular flexibility index (Phi) is 5.81. The van der Waals surface area contributed by atoms with E-state index in [0.29, 0.717) is 17.8 Å². The van der Waals surface area contributed by atoms with Gasteiger partial charge in [0.25, 0.3) is 15.9 Å². The van der Waals surface area contributed by atoms with E-state index in [1.165, 1.54) is 0 Å². The molecule has 0 aliphatic carbocycles. The normalized spacial score (nSPS) is 11.3. The van der Waals surface area contributed by atoms with Gasteiger partial charge < -0.3 is 4.90 Å². The summed E-state index contributed by atoms with van der Waals surface area (Å²) in [5.74, 6) is -0.123. The summed E-state index contributed by atoms with van der Waals surface area (Å²) >= 11 is 6.14. The number of carbonyl (C=O) groups is 1. The minimum absolute atomic E-state index is 0.123. The third-order valence-electron chi connectivity index (χ3n) is 3.51. The average molecular weight is 471 g/mol. The highest BCUT2D eigenvalue weighted by molar-refractivity contribution is 9.11. The summed E-state index contributed by atoms with van der Waals surface area (Å²) in [6, 6.07) is 13.6. The molecule has 26 heavy (non-hydrogen) atoms. The monoisotopic (exact) mass is 470 g/mol. The molecule has 0 radical (unpaired) electrons. The van der Waals surface area contributed by atoms with Crippen LogP contribution in [-0.2, 0) is 16.6 Å². The molecule has 9 heteroatoms. The van der Waals surface area contributed by atoms with Crippen molar-refractivity contribution in [3.63, 3.8) is 0 Å². The molecule has 0 atom stereocenters. The molecule has 0 aliphatic heterocycles. The van der Waals surface area contributed by atoms with Crippen LogP contribution in [0.3, 0.4) is 0 Å². The molecule has 0 bridgehead atoms. The van der Waals surface area contributed by atoms with Crippen molar-refractivity contribution in [3.8, 4) is 0 Å². The lowest BCUT2D eigenvalue weighted by Crippen LogP contribution is -2.25. The molecule has 1 amide bonds. The summed E-state index contributed by atoms with van der Waals surface area (Å²) < 4.78 is 28.2. The molecule has 3 aromatic rings. The second-order valence-electron chi connectivity index (χ2n) is 5.48. The lowest BCUT2D eigenvalue weighted by molar-refractivity contribution is 0.0786. The van der Waals surface area contributed by atoms with Gasteiger partial charge >= 0.3 is 0 Å². The predicted octanol–water partition coefficient (Wildman–Crippen LogP) is 4.65. The van der Waals surface area contributed by atoms with Gasteiger partial charge in [-0.2, -0.15) is 0 Å². The molecule has 2 heterocycles. The summed E-state index contributed by atoms with van der Waals surface area (Å²) in [7, 11) is -1.85. The van der Waals surface area contributed by atoms with Crippen molar-refractivity contribution in [2.45, 2.75) is 10.8 Å². The maximum atomic E-state index is 12.5. The maximum Gasteiger partial charge on any atom is 0.271 e. The summed E-state index contributed by atoms with van der Waals surface area (Å²) in [5, 5.41) is 1.71. The molecule has 0 fully saturated rings. The van der Waals surface area contributed by atoms with Crippen molar-refractivity contribution >= 4 is 60.2 Å². The van der Waals surface area contributed by atoms with Gasteiger partial charge in [-0.15, -0.1) is 22.7 Å². The zero-order chi connectivity index (χ0) is 18.7. The van der Waals surface area contributed by atoms with Crippen molar-refractivity contribution in [1.82, 2.24) is 4.90 Å². The fourth-order valence-corrected chi connectivity index (χ4v) is 5.85. The van der Waals surface area contributed by atoms with Crippen molar-refractivity contribution < 1.29 is 13.2 Å². The van der Waals surface area contributed by atoms with Crippen LogP contribution in [0.5, 0.6) is 0 Å². The lowest BCUT2D eigenvalue weighted by Gasteiger charge is -2.16. The Balaban J connectivity index is 1.68. The number of hydrogen-bond donors (Lipinski definition) is 1. The average Bonchev–Trinajstić information content (AvgIpc) is 3.27.